The molecule has 6 heteroatoms. The molecule has 6 nitrogen and oxygen atoms in total. The lowest BCUT2D eigenvalue weighted by molar-refractivity contribution is 0.0714. The van der Waals surface area contributed by atoms with Crippen LogP contribution in [-0.4, -0.2) is 37.1 Å². The highest BCUT2D eigenvalue weighted by molar-refractivity contribution is 5.16. The van der Waals surface area contributed by atoms with Crippen molar-refractivity contribution in [2.75, 3.05) is 26.9 Å². The van der Waals surface area contributed by atoms with E-state index < -0.39 is 0 Å². The third-order valence-electron chi connectivity index (χ3n) is 3.00. The van der Waals surface area contributed by atoms with Gasteiger partial charge >= 0.3 is 0 Å². The van der Waals surface area contributed by atoms with Crippen LogP contribution >= 0.6 is 0 Å². The number of methoxy groups -OCH3 is 1. The van der Waals surface area contributed by atoms with Crippen molar-refractivity contribution in [3.63, 3.8) is 0 Å². The summed E-state index contributed by atoms with van der Waals surface area (Å²) in [6, 6.07) is 9.71. The van der Waals surface area contributed by atoms with Crippen molar-refractivity contribution in [3.8, 4) is 0 Å². The van der Waals surface area contributed by atoms with Gasteiger partial charge in [0.2, 0.25) is 5.89 Å². The van der Waals surface area contributed by atoms with E-state index in [9.17, 15) is 0 Å². The van der Waals surface area contributed by atoms with E-state index in [0.717, 1.165) is 5.56 Å². The number of hydrogen-bond donors (Lipinski definition) is 1. The first-order chi connectivity index (χ1) is 10.3. The van der Waals surface area contributed by atoms with Gasteiger partial charge in [0.15, 0.2) is 5.82 Å². The summed E-state index contributed by atoms with van der Waals surface area (Å²) in [5.41, 5.74) is 7.24. The predicted octanol–water partition coefficient (Wildman–Crippen LogP) is 1.52. The number of aromatic nitrogens is 2. The van der Waals surface area contributed by atoms with Crippen LogP contribution in [-0.2, 0) is 22.3 Å². The zero-order valence-electron chi connectivity index (χ0n) is 12.2. The highest BCUT2D eigenvalue weighted by Crippen LogP contribution is 2.14. The van der Waals surface area contributed by atoms with Crippen LogP contribution < -0.4 is 5.73 Å². The average Bonchev–Trinajstić information content (AvgIpc) is 2.97. The van der Waals surface area contributed by atoms with Gasteiger partial charge in [-0.05, 0) is 12.0 Å². The molecule has 0 aliphatic carbocycles. The molecule has 21 heavy (non-hydrogen) atoms. The number of nitrogens with zero attached hydrogens (tertiary/aromatic N) is 2. The van der Waals surface area contributed by atoms with Crippen molar-refractivity contribution in [3.05, 3.63) is 47.6 Å². The molecule has 0 saturated carbocycles. The molecule has 0 aliphatic rings. The Labute approximate surface area is 124 Å². The number of hydrogen-bond acceptors (Lipinski definition) is 6. The summed E-state index contributed by atoms with van der Waals surface area (Å²) < 4.78 is 15.5. The van der Waals surface area contributed by atoms with Gasteiger partial charge in [0.05, 0.1) is 25.9 Å². The number of nitrogens with two attached hydrogens (primary N) is 1. The summed E-state index contributed by atoms with van der Waals surface area (Å²) in [5, 5.41) is 3.92. The fourth-order valence-corrected chi connectivity index (χ4v) is 1.88. The fraction of sp³-hybridized carbons (Fsp3) is 0.467. The molecular weight excluding hydrogens is 270 g/mol. The van der Waals surface area contributed by atoms with E-state index in [-0.39, 0.29) is 6.04 Å². The molecule has 0 unspecified atom stereocenters. The Morgan fingerprint density at radius 1 is 1.19 bits per heavy atom. The maximum atomic E-state index is 6.09. The van der Waals surface area contributed by atoms with Gasteiger partial charge in [-0.3, -0.25) is 0 Å². The van der Waals surface area contributed by atoms with Crippen LogP contribution in [0.5, 0.6) is 0 Å². The van der Waals surface area contributed by atoms with E-state index in [1.165, 1.54) is 0 Å². The van der Waals surface area contributed by atoms with E-state index in [4.69, 9.17) is 19.7 Å². The maximum absolute atomic E-state index is 6.09. The normalized spacial score (nSPS) is 12.5. The van der Waals surface area contributed by atoms with Gasteiger partial charge in [0.1, 0.15) is 0 Å². The third-order valence-corrected chi connectivity index (χ3v) is 3.00. The van der Waals surface area contributed by atoms with Gasteiger partial charge in [0, 0.05) is 13.5 Å². The Hall–Kier alpha value is -1.76. The number of benzene rings is 1. The molecule has 0 spiro atoms. The summed E-state index contributed by atoms with van der Waals surface area (Å²) >= 11 is 0. The Bertz CT molecular complexity index is 516. The van der Waals surface area contributed by atoms with E-state index >= 15 is 0 Å². The first-order valence-electron chi connectivity index (χ1n) is 6.98. The molecule has 2 rings (SSSR count). The molecule has 0 aliphatic heterocycles. The summed E-state index contributed by atoms with van der Waals surface area (Å²) in [4.78, 5) is 4.31. The van der Waals surface area contributed by atoms with Gasteiger partial charge in [-0.1, -0.05) is 35.5 Å². The van der Waals surface area contributed by atoms with Gasteiger partial charge in [-0.25, -0.2) is 0 Å². The number of ether oxygens (including phenoxy) is 2. The minimum atomic E-state index is -0.289. The standard InChI is InChI=1S/C15H21N3O3/c1-19-9-10-20-8-7-14-17-15(21-18-14)13(16)11-12-5-3-2-4-6-12/h2-6,13H,7-11,16H2,1H3/t13-/m0/s1. The lowest BCUT2D eigenvalue weighted by Crippen LogP contribution is -2.14. The molecule has 2 aromatic rings. The molecule has 1 aromatic carbocycles. The maximum Gasteiger partial charge on any atom is 0.243 e. The molecule has 0 radical (unpaired) electrons. The molecule has 1 atom stereocenters. The highest BCUT2D eigenvalue weighted by Gasteiger charge is 2.15. The van der Waals surface area contributed by atoms with Crippen LogP contribution in [0.25, 0.3) is 0 Å². The summed E-state index contributed by atoms with van der Waals surface area (Å²) in [6.45, 7) is 1.68. The SMILES string of the molecule is COCCOCCc1noc([C@@H](N)Cc2ccccc2)n1. The van der Waals surface area contributed by atoms with Crippen LogP contribution in [0.15, 0.2) is 34.9 Å². The van der Waals surface area contributed by atoms with Gasteiger partial charge in [0.25, 0.3) is 0 Å². The zero-order chi connectivity index (χ0) is 14.9. The molecule has 0 bridgehead atoms. The van der Waals surface area contributed by atoms with Crippen LogP contribution in [0.1, 0.15) is 23.3 Å². The Kier molecular flexibility index (Phi) is 6.33. The topological polar surface area (TPSA) is 83.4 Å². The Balaban J connectivity index is 1.79. The van der Waals surface area contributed by atoms with Crippen molar-refractivity contribution in [2.45, 2.75) is 18.9 Å². The van der Waals surface area contributed by atoms with E-state index in [0.29, 0.717) is 44.4 Å². The molecular formula is C15H21N3O3. The average molecular weight is 291 g/mol. The first-order valence-corrected chi connectivity index (χ1v) is 6.98. The molecule has 0 saturated heterocycles. The zero-order valence-corrected chi connectivity index (χ0v) is 12.2. The lowest BCUT2D eigenvalue weighted by atomic mass is 10.1. The second-order valence-corrected chi connectivity index (χ2v) is 4.70. The summed E-state index contributed by atoms with van der Waals surface area (Å²) in [7, 11) is 1.64. The molecule has 0 amide bonds. The molecule has 114 valence electrons. The van der Waals surface area contributed by atoms with Gasteiger partial charge in [-0.2, -0.15) is 4.98 Å². The number of rotatable bonds is 9. The van der Waals surface area contributed by atoms with E-state index in [2.05, 4.69) is 10.1 Å². The van der Waals surface area contributed by atoms with Crippen molar-refractivity contribution in [1.29, 1.82) is 0 Å². The van der Waals surface area contributed by atoms with Crippen molar-refractivity contribution in [1.82, 2.24) is 10.1 Å². The Morgan fingerprint density at radius 3 is 2.76 bits per heavy atom. The molecule has 2 N–H and O–H groups in total. The Morgan fingerprint density at radius 2 is 2.00 bits per heavy atom. The molecule has 0 fully saturated rings. The monoisotopic (exact) mass is 291 g/mol. The first kappa shape index (κ1) is 15.6. The van der Waals surface area contributed by atoms with Gasteiger partial charge < -0.3 is 19.7 Å². The van der Waals surface area contributed by atoms with Crippen molar-refractivity contribution < 1.29 is 14.0 Å². The van der Waals surface area contributed by atoms with Crippen LogP contribution in [0.2, 0.25) is 0 Å². The highest BCUT2D eigenvalue weighted by atomic mass is 16.5. The lowest BCUT2D eigenvalue weighted by Gasteiger charge is -2.06. The van der Waals surface area contributed by atoms with E-state index in [1.54, 1.807) is 7.11 Å². The summed E-state index contributed by atoms with van der Waals surface area (Å²) in [5.74, 6) is 1.08. The second-order valence-electron chi connectivity index (χ2n) is 4.70. The smallest absolute Gasteiger partial charge is 0.243 e. The second kappa shape index (κ2) is 8.51. The predicted molar refractivity (Wildman–Crippen MR) is 77.8 cm³/mol. The van der Waals surface area contributed by atoms with Crippen molar-refractivity contribution >= 4 is 0 Å². The summed E-state index contributed by atoms with van der Waals surface area (Å²) in [6.07, 6.45) is 1.28. The van der Waals surface area contributed by atoms with Crippen LogP contribution in [0, 0.1) is 0 Å². The fourth-order valence-electron chi connectivity index (χ4n) is 1.88. The van der Waals surface area contributed by atoms with Gasteiger partial charge in [-0.15, -0.1) is 0 Å². The van der Waals surface area contributed by atoms with Crippen LogP contribution in [0.3, 0.4) is 0 Å². The minimum absolute atomic E-state index is 0.289. The van der Waals surface area contributed by atoms with Crippen LogP contribution in [0.4, 0.5) is 0 Å². The van der Waals surface area contributed by atoms with E-state index in [1.807, 2.05) is 30.3 Å². The third kappa shape index (κ3) is 5.26. The quantitative estimate of drug-likeness (QED) is 0.705. The van der Waals surface area contributed by atoms with Crippen molar-refractivity contribution in [2.24, 2.45) is 5.73 Å². The largest absolute Gasteiger partial charge is 0.382 e. The molecule has 1 heterocycles. The minimum Gasteiger partial charge on any atom is -0.382 e. The molecule has 1 aromatic heterocycles.